The summed E-state index contributed by atoms with van der Waals surface area (Å²) in [6, 6.07) is 34.1. The van der Waals surface area contributed by atoms with Crippen molar-refractivity contribution in [3.05, 3.63) is 119 Å². The number of carbonyl (C=O) groups is 1. The van der Waals surface area contributed by atoms with Crippen LogP contribution in [0.2, 0.25) is 0 Å². The van der Waals surface area contributed by atoms with E-state index in [4.69, 9.17) is 0 Å². The van der Waals surface area contributed by atoms with E-state index in [1.807, 2.05) is 0 Å². The van der Waals surface area contributed by atoms with E-state index in [9.17, 15) is 4.79 Å². The number of nitrogens with zero attached hydrogens (tertiary/aromatic N) is 1. The number of benzene rings is 4. The van der Waals surface area contributed by atoms with Crippen molar-refractivity contribution in [2.24, 2.45) is 0 Å². The van der Waals surface area contributed by atoms with E-state index in [1.165, 1.54) is 27.5 Å². The molecule has 3 nitrogen and oxygen atoms in total. The molecule has 0 bridgehead atoms. The molecular formula is C30H30N2O. The molecule has 0 saturated carbocycles. The van der Waals surface area contributed by atoms with Crippen molar-refractivity contribution in [1.82, 2.24) is 10.2 Å². The average Bonchev–Trinajstić information content (AvgIpc) is 2.85. The Morgan fingerprint density at radius 1 is 0.909 bits per heavy atom. The molecule has 1 heterocycles. The van der Waals surface area contributed by atoms with Crippen LogP contribution in [0.5, 0.6) is 0 Å². The fourth-order valence-electron chi connectivity index (χ4n) is 5.15. The minimum Gasteiger partial charge on any atom is -0.348 e. The molecule has 0 spiro atoms. The van der Waals surface area contributed by atoms with E-state index in [1.54, 1.807) is 0 Å². The van der Waals surface area contributed by atoms with Gasteiger partial charge in [0.1, 0.15) is 0 Å². The number of nitrogens with one attached hydrogen (secondary N) is 1. The standard InChI is InChI=1S/C30H30N2O/c1-22(26-17-9-14-24-12-5-7-15-27(24)26)31-30(33)21-32-19-18-25-13-6-8-16-28(25)29(32)20-23-10-3-2-4-11-23/h2-17,22,29H,18-21H2,1H3,(H,31,33)/t22-,29-/m0/s1. The first-order valence-corrected chi connectivity index (χ1v) is 11.8. The summed E-state index contributed by atoms with van der Waals surface area (Å²) >= 11 is 0. The zero-order valence-electron chi connectivity index (χ0n) is 19.1. The lowest BCUT2D eigenvalue weighted by Gasteiger charge is -2.37. The van der Waals surface area contributed by atoms with Gasteiger partial charge < -0.3 is 5.32 Å². The normalized spacial score (nSPS) is 16.8. The lowest BCUT2D eigenvalue weighted by Crippen LogP contribution is -2.43. The summed E-state index contributed by atoms with van der Waals surface area (Å²) in [5.74, 6) is 0.0767. The largest absolute Gasteiger partial charge is 0.348 e. The molecule has 3 heteroatoms. The minimum absolute atomic E-state index is 0.0479. The SMILES string of the molecule is C[C@H](NC(=O)CN1CCc2ccccc2[C@@H]1Cc1ccccc1)c1cccc2ccccc12. The second-order valence-electron chi connectivity index (χ2n) is 8.98. The van der Waals surface area contributed by atoms with Gasteiger partial charge in [0, 0.05) is 12.6 Å². The highest BCUT2D eigenvalue weighted by Gasteiger charge is 2.29. The molecule has 5 rings (SSSR count). The molecule has 4 aromatic rings. The maximum absolute atomic E-state index is 13.2. The quantitative estimate of drug-likeness (QED) is 0.412. The van der Waals surface area contributed by atoms with Crippen molar-refractivity contribution in [2.45, 2.75) is 31.8 Å². The van der Waals surface area contributed by atoms with Crippen LogP contribution in [0, 0.1) is 0 Å². The van der Waals surface area contributed by atoms with Gasteiger partial charge in [-0.1, -0.05) is 97.1 Å². The first-order chi connectivity index (χ1) is 16.2. The molecule has 1 aliphatic heterocycles. The number of amides is 1. The van der Waals surface area contributed by atoms with Crippen molar-refractivity contribution in [2.75, 3.05) is 13.1 Å². The lowest BCUT2D eigenvalue weighted by atomic mass is 9.88. The van der Waals surface area contributed by atoms with Gasteiger partial charge in [-0.3, -0.25) is 9.69 Å². The van der Waals surface area contributed by atoms with Gasteiger partial charge in [-0.05, 0) is 52.8 Å². The van der Waals surface area contributed by atoms with E-state index in [2.05, 4.69) is 114 Å². The fourth-order valence-corrected chi connectivity index (χ4v) is 5.15. The zero-order valence-corrected chi connectivity index (χ0v) is 19.1. The maximum atomic E-state index is 13.2. The predicted molar refractivity (Wildman–Crippen MR) is 135 cm³/mol. The van der Waals surface area contributed by atoms with Crippen LogP contribution >= 0.6 is 0 Å². The monoisotopic (exact) mass is 434 g/mol. The summed E-state index contributed by atoms with van der Waals surface area (Å²) in [5, 5.41) is 5.66. The minimum atomic E-state index is -0.0479. The summed E-state index contributed by atoms with van der Waals surface area (Å²) in [6.07, 6.45) is 1.89. The number of fused-ring (bicyclic) bond motifs is 2. The summed E-state index contributed by atoms with van der Waals surface area (Å²) in [4.78, 5) is 15.5. The Balaban J connectivity index is 1.34. The van der Waals surface area contributed by atoms with Crippen LogP contribution in [0.25, 0.3) is 10.8 Å². The second-order valence-corrected chi connectivity index (χ2v) is 8.98. The first-order valence-electron chi connectivity index (χ1n) is 11.8. The van der Waals surface area contributed by atoms with Crippen LogP contribution in [-0.2, 0) is 17.6 Å². The van der Waals surface area contributed by atoms with E-state index in [0.717, 1.165) is 24.9 Å². The Morgan fingerprint density at radius 3 is 2.52 bits per heavy atom. The highest BCUT2D eigenvalue weighted by molar-refractivity contribution is 5.87. The topological polar surface area (TPSA) is 32.3 Å². The Hall–Kier alpha value is -3.43. The van der Waals surface area contributed by atoms with Gasteiger partial charge in [0.2, 0.25) is 5.91 Å². The molecule has 0 aromatic heterocycles. The van der Waals surface area contributed by atoms with Gasteiger partial charge in [0.15, 0.2) is 0 Å². The summed E-state index contributed by atoms with van der Waals surface area (Å²) < 4.78 is 0. The fraction of sp³-hybridized carbons (Fsp3) is 0.233. The molecule has 1 aliphatic rings. The van der Waals surface area contributed by atoms with Crippen LogP contribution in [0.15, 0.2) is 97.1 Å². The third-order valence-electron chi connectivity index (χ3n) is 6.81. The van der Waals surface area contributed by atoms with Gasteiger partial charge in [-0.15, -0.1) is 0 Å². The van der Waals surface area contributed by atoms with Gasteiger partial charge >= 0.3 is 0 Å². The Bertz CT molecular complexity index is 1250. The molecule has 0 aliphatic carbocycles. The lowest BCUT2D eigenvalue weighted by molar-refractivity contribution is -0.123. The van der Waals surface area contributed by atoms with Crippen LogP contribution in [0.4, 0.5) is 0 Å². The van der Waals surface area contributed by atoms with Crippen molar-refractivity contribution >= 4 is 16.7 Å². The Labute approximate surface area is 196 Å². The summed E-state index contributed by atoms with van der Waals surface area (Å²) in [6.45, 7) is 3.37. The molecular weight excluding hydrogens is 404 g/mol. The second kappa shape index (κ2) is 9.60. The average molecular weight is 435 g/mol. The molecule has 1 N–H and O–H groups in total. The molecule has 0 fully saturated rings. The van der Waals surface area contributed by atoms with Crippen molar-refractivity contribution in [3.8, 4) is 0 Å². The molecule has 2 atom stereocenters. The Kier molecular flexibility index (Phi) is 6.23. The summed E-state index contributed by atoms with van der Waals surface area (Å²) in [7, 11) is 0. The molecule has 4 aromatic carbocycles. The van der Waals surface area contributed by atoms with E-state index in [-0.39, 0.29) is 18.0 Å². The maximum Gasteiger partial charge on any atom is 0.234 e. The van der Waals surface area contributed by atoms with Crippen LogP contribution < -0.4 is 5.32 Å². The molecule has 0 unspecified atom stereocenters. The van der Waals surface area contributed by atoms with Crippen LogP contribution in [-0.4, -0.2) is 23.9 Å². The van der Waals surface area contributed by atoms with Gasteiger partial charge in [-0.25, -0.2) is 0 Å². The van der Waals surface area contributed by atoms with Crippen LogP contribution in [0.1, 0.15) is 41.3 Å². The third-order valence-corrected chi connectivity index (χ3v) is 6.81. The van der Waals surface area contributed by atoms with Crippen molar-refractivity contribution in [3.63, 3.8) is 0 Å². The van der Waals surface area contributed by atoms with Gasteiger partial charge in [-0.2, -0.15) is 0 Å². The smallest absolute Gasteiger partial charge is 0.234 e. The van der Waals surface area contributed by atoms with Crippen LogP contribution in [0.3, 0.4) is 0 Å². The van der Waals surface area contributed by atoms with E-state index >= 15 is 0 Å². The predicted octanol–water partition coefficient (Wildman–Crippen LogP) is 5.86. The molecule has 0 radical (unpaired) electrons. The van der Waals surface area contributed by atoms with Crippen molar-refractivity contribution < 1.29 is 4.79 Å². The van der Waals surface area contributed by atoms with Crippen molar-refractivity contribution in [1.29, 1.82) is 0 Å². The molecule has 166 valence electrons. The highest BCUT2D eigenvalue weighted by atomic mass is 16.2. The highest BCUT2D eigenvalue weighted by Crippen LogP contribution is 2.32. The van der Waals surface area contributed by atoms with E-state index < -0.39 is 0 Å². The number of carbonyl (C=O) groups excluding carboxylic acids is 1. The van der Waals surface area contributed by atoms with Gasteiger partial charge in [0.25, 0.3) is 0 Å². The van der Waals surface area contributed by atoms with Gasteiger partial charge in [0.05, 0.1) is 12.6 Å². The van der Waals surface area contributed by atoms with E-state index in [0.29, 0.717) is 6.54 Å². The number of hydrogen-bond donors (Lipinski definition) is 1. The molecule has 0 saturated heterocycles. The third kappa shape index (κ3) is 4.69. The number of rotatable bonds is 6. The molecule has 33 heavy (non-hydrogen) atoms. The number of hydrogen-bond acceptors (Lipinski definition) is 2. The zero-order chi connectivity index (χ0) is 22.6. The molecule has 1 amide bonds. The Morgan fingerprint density at radius 2 is 1.64 bits per heavy atom. The first kappa shape index (κ1) is 21.4. The summed E-state index contributed by atoms with van der Waals surface area (Å²) in [5.41, 5.74) is 5.21.